The van der Waals surface area contributed by atoms with Gasteiger partial charge in [0.1, 0.15) is 5.75 Å². The first kappa shape index (κ1) is 14.3. The van der Waals surface area contributed by atoms with Crippen molar-refractivity contribution >= 4 is 27.5 Å². The molecule has 1 unspecified atom stereocenters. The van der Waals surface area contributed by atoms with E-state index in [1.54, 1.807) is 13.3 Å². The maximum atomic E-state index is 6.05. The molecule has 0 aliphatic heterocycles. The minimum absolute atomic E-state index is 0.0262. The van der Waals surface area contributed by atoms with Gasteiger partial charge < -0.3 is 10.1 Å². The first-order valence-corrected chi connectivity index (χ1v) is 6.95. The summed E-state index contributed by atoms with van der Waals surface area (Å²) in [5.41, 5.74) is 1.97. The zero-order chi connectivity index (χ0) is 13.8. The van der Waals surface area contributed by atoms with Gasteiger partial charge in [0.2, 0.25) is 0 Å². The Kier molecular flexibility index (Phi) is 4.80. The summed E-state index contributed by atoms with van der Waals surface area (Å²) in [7, 11) is 3.50. The van der Waals surface area contributed by atoms with Crippen molar-refractivity contribution in [2.75, 3.05) is 14.2 Å². The number of pyridine rings is 1. The lowest BCUT2D eigenvalue weighted by atomic mass is 10.0. The predicted molar refractivity (Wildman–Crippen MR) is 80.8 cm³/mol. The van der Waals surface area contributed by atoms with Gasteiger partial charge in [-0.1, -0.05) is 17.7 Å². The average Bonchev–Trinajstić information content (AvgIpc) is 2.43. The molecule has 0 spiro atoms. The third kappa shape index (κ3) is 3.08. The van der Waals surface area contributed by atoms with Crippen LogP contribution in [0.4, 0.5) is 0 Å². The zero-order valence-corrected chi connectivity index (χ0v) is 13.0. The Hall–Kier alpha value is -1.10. The molecule has 2 aromatic rings. The summed E-state index contributed by atoms with van der Waals surface area (Å²) >= 11 is 9.58. The van der Waals surface area contributed by atoms with E-state index < -0.39 is 0 Å². The Morgan fingerprint density at radius 3 is 2.79 bits per heavy atom. The summed E-state index contributed by atoms with van der Waals surface area (Å²) in [6.07, 6.45) is 1.78. The van der Waals surface area contributed by atoms with Crippen LogP contribution in [0, 0.1) is 0 Å². The van der Waals surface area contributed by atoms with Gasteiger partial charge in [-0.25, -0.2) is 0 Å². The Bertz CT molecular complexity index is 577. The molecule has 0 aliphatic carbocycles. The van der Waals surface area contributed by atoms with Gasteiger partial charge in [0, 0.05) is 10.7 Å². The van der Waals surface area contributed by atoms with E-state index >= 15 is 0 Å². The van der Waals surface area contributed by atoms with Crippen LogP contribution in [0.25, 0.3) is 0 Å². The lowest BCUT2D eigenvalue weighted by Crippen LogP contribution is -2.19. The highest BCUT2D eigenvalue weighted by Crippen LogP contribution is 2.31. The van der Waals surface area contributed by atoms with Crippen molar-refractivity contribution in [1.29, 1.82) is 0 Å². The number of nitrogens with zero attached hydrogens (tertiary/aromatic N) is 1. The second kappa shape index (κ2) is 6.37. The first-order chi connectivity index (χ1) is 9.17. The number of ether oxygens (including phenoxy) is 1. The van der Waals surface area contributed by atoms with Crippen LogP contribution in [-0.2, 0) is 0 Å². The summed E-state index contributed by atoms with van der Waals surface area (Å²) in [6.45, 7) is 0. The third-order valence-electron chi connectivity index (χ3n) is 2.86. The molecule has 0 bridgehead atoms. The molecule has 0 saturated heterocycles. The largest absolute Gasteiger partial charge is 0.495 e. The Morgan fingerprint density at radius 1 is 1.37 bits per heavy atom. The molecule has 1 N–H and O–H groups in total. The minimum atomic E-state index is -0.0262. The average molecular weight is 342 g/mol. The summed E-state index contributed by atoms with van der Waals surface area (Å²) < 4.78 is 6.22. The topological polar surface area (TPSA) is 34.1 Å². The van der Waals surface area contributed by atoms with Crippen molar-refractivity contribution in [2.24, 2.45) is 0 Å². The molecule has 1 heterocycles. The van der Waals surface area contributed by atoms with E-state index in [0.29, 0.717) is 10.8 Å². The van der Waals surface area contributed by atoms with Gasteiger partial charge in [0.15, 0.2) is 0 Å². The fourth-order valence-corrected chi connectivity index (χ4v) is 2.61. The molecule has 1 aromatic heterocycles. The van der Waals surface area contributed by atoms with Gasteiger partial charge in [-0.2, -0.15) is 0 Å². The molecule has 3 nitrogen and oxygen atoms in total. The molecule has 100 valence electrons. The number of hydrogen-bond acceptors (Lipinski definition) is 3. The van der Waals surface area contributed by atoms with Crippen LogP contribution < -0.4 is 10.1 Å². The summed E-state index contributed by atoms with van der Waals surface area (Å²) in [5, 5.41) is 3.85. The molecule has 2 rings (SSSR count). The molecule has 0 aliphatic rings. The molecule has 0 fully saturated rings. The number of rotatable bonds is 4. The van der Waals surface area contributed by atoms with Gasteiger partial charge in [-0.3, -0.25) is 4.98 Å². The summed E-state index contributed by atoms with van der Waals surface area (Å²) in [6, 6.07) is 9.55. The van der Waals surface area contributed by atoms with Crippen LogP contribution in [0.5, 0.6) is 5.75 Å². The van der Waals surface area contributed by atoms with Crippen molar-refractivity contribution in [3.8, 4) is 5.75 Å². The van der Waals surface area contributed by atoms with Gasteiger partial charge in [-0.15, -0.1) is 0 Å². The van der Waals surface area contributed by atoms with Crippen molar-refractivity contribution in [3.05, 3.63) is 57.3 Å². The molecule has 5 heteroatoms. The van der Waals surface area contributed by atoms with Gasteiger partial charge in [0.25, 0.3) is 0 Å². The van der Waals surface area contributed by atoms with Crippen molar-refractivity contribution < 1.29 is 4.74 Å². The van der Waals surface area contributed by atoms with E-state index in [1.807, 2.05) is 37.4 Å². The van der Waals surface area contributed by atoms with Crippen LogP contribution in [0.1, 0.15) is 17.3 Å². The number of methoxy groups -OCH3 is 1. The van der Waals surface area contributed by atoms with E-state index in [4.69, 9.17) is 16.3 Å². The van der Waals surface area contributed by atoms with E-state index in [1.165, 1.54) is 0 Å². The second-order valence-corrected chi connectivity index (χ2v) is 5.25. The van der Waals surface area contributed by atoms with Crippen molar-refractivity contribution in [2.45, 2.75) is 6.04 Å². The Morgan fingerprint density at radius 2 is 2.16 bits per heavy atom. The number of aromatic nitrogens is 1. The normalized spacial score (nSPS) is 12.2. The fourth-order valence-electron chi connectivity index (χ4n) is 1.93. The van der Waals surface area contributed by atoms with E-state index in [0.717, 1.165) is 15.7 Å². The molecule has 0 amide bonds. The van der Waals surface area contributed by atoms with E-state index in [-0.39, 0.29) is 6.04 Å². The standard InChI is InChI=1S/C14H14BrClN2O/c1-17-13(14-10(15)4-3-7-18-14)9-5-6-11(16)12(8-9)19-2/h3-8,13,17H,1-2H3. The molecular formula is C14H14BrClN2O. The van der Waals surface area contributed by atoms with Crippen molar-refractivity contribution in [3.63, 3.8) is 0 Å². The zero-order valence-electron chi connectivity index (χ0n) is 10.7. The van der Waals surface area contributed by atoms with Crippen LogP contribution in [0.2, 0.25) is 5.02 Å². The molecule has 1 aromatic carbocycles. The second-order valence-electron chi connectivity index (χ2n) is 3.99. The smallest absolute Gasteiger partial charge is 0.137 e. The van der Waals surface area contributed by atoms with E-state index in [2.05, 4.69) is 26.2 Å². The highest BCUT2D eigenvalue weighted by atomic mass is 79.9. The summed E-state index contributed by atoms with van der Waals surface area (Å²) in [4.78, 5) is 4.42. The maximum absolute atomic E-state index is 6.05. The fraction of sp³-hybridized carbons (Fsp3) is 0.214. The Labute approximate surface area is 126 Å². The van der Waals surface area contributed by atoms with Crippen LogP contribution >= 0.6 is 27.5 Å². The van der Waals surface area contributed by atoms with Crippen LogP contribution in [0.15, 0.2) is 41.0 Å². The highest BCUT2D eigenvalue weighted by Gasteiger charge is 2.17. The molecule has 19 heavy (non-hydrogen) atoms. The summed E-state index contributed by atoms with van der Waals surface area (Å²) in [5.74, 6) is 0.659. The number of halogens is 2. The highest BCUT2D eigenvalue weighted by molar-refractivity contribution is 9.10. The number of hydrogen-bond donors (Lipinski definition) is 1. The van der Waals surface area contributed by atoms with Gasteiger partial charge in [-0.05, 0) is 52.8 Å². The molecular weight excluding hydrogens is 328 g/mol. The minimum Gasteiger partial charge on any atom is -0.495 e. The van der Waals surface area contributed by atoms with Gasteiger partial charge >= 0.3 is 0 Å². The van der Waals surface area contributed by atoms with Crippen molar-refractivity contribution in [1.82, 2.24) is 10.3 Å². The first-order valence-electron chi connectivity index (χ1n) is 5.78. The lowest BCUT2D eigenvalue weighted by Gasteiger charge is -2.18. The predicted octanol–water partition coefficient (Wildman–Crippen LogP) is 3.81. The lowest BCUT2D eigenvalue weighted by molar-refractivity contribution is 0.414. The van der Waals surface area contributed by atoms with E-state index in [9.17, 15) is 0 Å². The monoisotopic (exact) mass is 340 g/mol. The SMILES string of the molecule is CNC(c1ccc(Cl)c(OC)c1)c1ncccc1Br. The van der Waals surface area contributed by atoms with Gasteiger partial charge in [0.05, 0.1) is 23.9 Å². The maximum Gasteiger partial charge on any atom is 0.137 e. The van der Waals surface area contributed by atoms with Crippen LogP contribution in [-0.4, -0.2) is 19.1 Å². The number of benzene rings is 1. The third-order valence-corrected chi connectivity index (χ3v) is 3.84. The quantitative estimate of drug-likeness (QED) is 0.918. The number of nitrogens with one attached hydrogen (secondary N) is 1. The molecule has 1 atom stereocenters. The van der Waals surface area contributed by atoms with Crippen LogP contribution in [0.3, 0.4) is 0 Å². The molecule has 0 saturated carbocycles. The molecule has 0 radical (unpaired) electrons. The Balaban J connectivity index is 2.45.